The third-order valence-corrected chi connectivity index (χ3v) is 2.18. The maximum absolute atomic E-state index is 11.4. The fraction of sp³-hybridized carbons (Fsp3) is 0.364. The van der Waals surface area contributed by atoms with E-state index >= 15 is 0 Å². The van der Waals surface area contributed by atoms with Crippen molar-refractivity contribution in [2.75, 3.05) is 20.6 Å². The predicted octanol–water partition coefficient (Wildman–Crippen LogP) is -0.362. The highest BCUT2D eigenvalue weighted by molar-refractivity contribution is 5.94. The summed E-state index contributed by atoms with van der Waals surface area (Å²) in [6, 6.07) is 1.79. The molecule has 0 aliphatic carbocycles. The molecule has 1 N–H and O–H groups in total. The van der Waals surface area contributed by atoms with Crippen LogP contribution in [0.3, 0.4) is 0 Å². The molecule has 1 aromatic heterocycles. The van der Waals surface area contributed by atoms with E-state index in [0.29, 0.717) is 0 Å². The average molecular weight is 236 g/mol. The summed E-state index contributed by atoms with van der Waals surface area (Å²) in [5.74, 6) is -0.450. The van der Waals surface area contributed by atoms with Crippen LogP contribution in [0.25, 0.3) is 6.08 Å². The zero-order chi connectivity index (χ0) is 12.8. The van der Waals surface area contributed by atoms with Crippen LogP contribution in [0.15, 0.2) is 18.3 Å². The second kappa shape index (κ2) is 5.83. The second-order valence-electron chi connectivity index (χ2n) is 3.72. The molecule has 0 aliphatic rings. The Kier molecular flexibility index (Phi) is 4.45. The summed E-state index contributed by atoms with van der Waals surface area (Å²) in [5.41, 5.74) is 0.819. The predicted molar refractivity (Wildman–Crippen MR) is 63.9 cm³/mol. The van der Waals surface area contributed by atoms with Gasteiger partial charge >= 0.3 is 0 Å². The van der Waals surface area contributed by atoms with Crippen LogP contribution in [0.5, 0.6) is 0 Å². The van der Waals surface area contributed by atoms with Crippen molar-refractivity contribution in [2.24, 2.45) is 7.05 Å². The van der Waals surface area contributed by atoms with Gasteiger partial charge in [-0.05, 0) is 12.1 Å². The number of aryl methyl sites for hydroxylation is 1. The summed E-state index contributed by atoms with van der Waals surface area (Å²) in [5, 5.41) is 6.46. The molecule has 0 radical (unpaired) electrons. The van der Waals surface area contributed by atoms with Crippen molar-refractivity contribution in [1.29, 1.82) is 0 Å². The number of aromatic nitrogens is 2. The third kappa shape index (κ3) is 4.10. The molecule has 17 heavy (non-hydrogen) atoms. The van der Waals surface area contributed by atoms with Gasteiger partial charge in [-0.3, -0.25) is 14.3 Å². The monoisotopic (exact) mass is 236 g/mol. The molecule has 0 spiro atoms. The lowest BCUT2D eigenvalue weighted by atomic mass is 10.3. The topological polar surface area (TPSA) is 67.2 Å². The summed E-state index contributed by atoms with van der Waals surface area (Å²) in [7, 11) is 5.06. The number of carbonyl (C=O) groups excluding carboxylic acids is 2. The Morgan fingerprint density at radius 2 is 2.24 bits per heavy atom. The van der Waals surface area contributed by atoms with E-state index in [0.717, 1.165) is 5.69 Å². The van der Waals surface area contributed by atoms with E-state index in [1.807, 2.05) is 0 Å². The second-order valence-corrected chi connectivity index (χ2v) is 3.72. The fourth-order valence-electron chi connectivity index (χ4n) is 1.09. The van der Waals surface area contributed by atoms with E-state index in [9.17, 15) is 9.59 Å². The normalized spacial score (nSPS) is 10.5. The summed E-state index contributed by atoms with van der Waals surface area (Å²) >= 11 is 0. The van der Waals surface area contributed by atoms with Crippen molar-refractivity contribution < 1.29 is 9.59 Å². The first kappa shape index (κ1) is 13.0. The van der Waals surface area contributed by atoms with Crippen molar-refractivity contribution in [3.63, 3.8) is 0 Å². The summed E-state index contributed by atoms with van der Waals surface area (Å²) in [4.78, 5) is 24.0. The van der Waals surface area contributed by atoms with E-state index in [4.69, 9.17) is 0 Å². The molecule has 1 rings (SSSR count). The number of hydrogen-bond acceptors (Lipinski definition) is 3. The smallest absolute Gasteiger partial charge is 0.244 e. The Labute approximate surface area is 99.9 Å². The third-order valence-electron chi connectivity index (χ3n) is 2.18. The minimum Gasteiger partial charge on any atom is -0.347 e. The molecule has 0 saturated carbocycles. The van der Waals surface area contributed by atoms with E-state index in [1.165, 1.54) is 11.0 Å². The molecule has 1 aromatic rings. The van der Waals surface area contributed by atoms with Gasteiger partial charge in [0.15, 0.2) is 0 Å². The molecule has 0 bridgehead atoms. The quantitative estimate of drug-likeness (QED) is 0.726. The molecule has 0 saturated heterocycles. The first-order valence-electron chi connectivity index (χ1n) is 5.15. The molecular weight excluding hydrogens is 220 g/mol. The van der Waals surface area contributed by atoms with Crippen LogP contribution in [0.2, 0.25) is 0 Å². The molecule has 0 aromatic carbocycles. The van der Waals surface area contributed by atoms with Crippen molar-refractivity contribution in [1.82, 2.24) is 20.0 Å². The van der Waals surface area contributed by atoms with Gasteiger partial charge in [-0.2, -0.15) is 5.10 Å². The molecule has 0 fully saturated rings. The summed E-state index contributed by atoms with van der Waals surface area (Å²) in [6.45, 7) is 0.00155. The molecule has 6 heteroatoms. The van der Waals surface area contributed by atoms with Crippen LogP contribution < -0.4 is 5.32 Å². The van der Waals surface area contributed by atoms with Crippen molar-refractivity contribution >= 4 is 17.9 Å². The van der Waals surface area contributed by atoms with Gasteiger partial charge in [0, 0.05) is 33.4 Å². The van der Waals surface area contributed by atoms with Crippen molar-refractivity contribution in [3.05, 3.63) is 24.0 Å². The van der Waals surface area contributed by atoms with Gasteiger partial charge in [0.25, 0.3) is 0 Å². The maximum Gasteiger partial charge on any atom is 0.244 e. The van der Waals surface area contributed by atoms with Crippen LogP contribution in [0, 0.1) is 0 Å². The molecular formula is C11H16N4O2. The van der Waals surface area contributed by atoms with Gasteiger partial charge in [0.1, 0.15) is 0 Å². The number of hydrogen-bond donors (Lipinski definition) is 1. The largest absolute Gasteiger partial charge is 0.347 e. The van der Waals surface area contributed by atoms with Crippen LogP contribution in [0.4, 0.5) is 0 Å². The lowest BCUT2D eigenvalue weighted by Gasteiger charge is -2.09. The molecule has 0 aliphatic heterocycles. The zero-order valence-corrected chi connectivity index (χ0v) is 10.2. The van der Waals surface area contributed by atoms with Gasteiger partial charge < -0.3 is 10.2 Å². The molecule has 2 amide bonds. The Hall–Kier alpha value is -2.11. The standard InChI is InChI=1S/C11H16N4O2/c1-14(2)11(17)8-12-10(16)5-4-9-6-7-13-15(9)3/h4-7H,8H2,1-3H3,(H,12,16). The average Bonchev–Trinajstić information content (AvgIpc) is 2.68. The number of rotatable bonds is 4. The zero-order valence-electron chi connectivity index (χ0n) is 10.2. The molecule has 0 atom stereocenters. The highest BCUT2D eigenvalue weighted by Gasteiger charge is 2.04. The van der Waals surface area contributed by atoms with Crippen LogP contribution in [-0.2, 0) is 16.6 Å². The SMILES string of the molecule is CN(C)C(=O)CNC(=O)C=Cc1ccnn1C. The number of amides is 2. The highest BCUT2D eigenvalue weighted by Crippen LogP contribution is 1.98. The number of nitrogens with one attached hydrogen (secondary N) is 1. The van der Waals surface area contributed by atoms with Crippen LogP contribution in [0.1, 0.15) is 5.69 Å². The Morgan fingerprint density at radius 1 is 1.53 bits per heavy atom. The Balaban J connectivity index is 2.43. The lowest BCUT2D eigenvalue weighted by molar-refractivity contribution is -0.129. The molecule has 6 nitrogen and oxygen atoms in total. The maximum atomic E-state index is 11.4. The lowest BCUT2D eigenvalue weighted by Crippen LogP contribution is -2.35. The number of likely N-dealkylation sites (N-methyl/N-ethyl adjacent to an activating group) is 1. The van der Waals surface area contributed by atoms with Gasteiger partial charge in [-0.25, -0.2) is 0 Å². The summed E-state index contributed by atoms with van der Waals surface area (Å²) < 4.78 is 1.65. The van der Waals surface area contributed by atoms with E-state index in [-0.39, 0.29) is 18.4 Å². The first-order valence-corrected chi connectivity index (χ1v) is 5.15. The Bertz CT molecular complexity index is 434. The van der Waals surface area contributed by atoms with Crippen LogP contribution >= 0.6 is 0 Å². The fourth-order valence-corrected chi connectivity index (χ4v) is 1.09. The van der Waals surface area contributed by atoms with Gasteiger partial charge in [0.2, 0.25) is 11.8 Å². The first-order chi connectivity index (χ1) is 8.00. The number of carbonyl (C=O) groups is 2. The Morgan fingerprint density at radius 3 is 2.76 bits per heavy atom. The minimum atomic E-state index is -0.304. The number of nitrogens with zero attached hydrogens (tertiary/aromatic N) is 3. The van der Waals surface area contributed by atoms with E-state index < -0.39 is 0 Å². The minimum absolute atomic E-state index is 0.00155. The van der Waals surface area contributed by atoms with Gasteiger partial charge in [-0.15, -0.1) is 0 Å². The van der Waals surface area contributed by atoms with E-state index in [2.05, 4.69) is 10.4 Å². The highest BCUT2D eigenvalue weighted by atomic mass is 16.2. The van der Waals surface area contributed by atoms with Gasteiger partial charge in [-0.1, -0.05) is 0 Å². The van der Waals surface area contributed by atoms with Crippen LogP contribution in [-0.4, -0.2) is 47.1 Å². The van der Waals surface area contributed by atoms with Crippen molar-refractivity contribution in [3.8, 4) is 0 Å². The van der Waals surface area contributed by atoms with Gasteiger partial charge in [0.05, 0.1) is 12.2 Å². The molecule has 0 unspecified atom stereocenters. The van der Waals surface area contributed by atoms with Crippen molar-refractivity contribution in [2.45, 2.75) is 0 Å². The summed E-state index contributed by atoms with van der Waals surface area (Å²) in [6.07, 6.45) is 4.66. The molecule has 1 heterocycles. The molecule has 92 valence electrons. The van der Waals surface area contributed by atoms with E-state index in [1.54, 1.807) is 44.2 Å².